The molecule has 0 amide bonds. The third kappa shape index (κ3) is 7.61. The van der Waals surface area contributed by atoms with E-state index >= 15 is 0 Å². The number of azo groups is 1. The van der Waals surface area contributed by atoms with Crippen molar-refractivity contribution in [3.05, 3.63) is 30.1 Å². The number of benzene rings is 1. The average Bonchev–Trinajstić information content (AvgIpc) is 2.48. The van der Waals surface area contributed by atoms with Crippen LogP contribution in [-0.4, -0.2) is 24.4 Å². The normalized spacial score (nSPS) is 12.3. The summed E-state index contributed by atoms with van der Waals surface area (Å²) < 4.78 is 17.7. The van der Waals surface area contributed by atoms with Crippen molar-refractivity contribution in [3.8, 4) is 0 Å². The lowest BCUT2D eigenvalue weighted by atomic mass is 10.1. The van der Waals surface area contributed by atoms with Crippen LogP contribution < -0.4 is 0 Å². The minimum Gasteiger partial charge on any atom is -0.466 e. The molecule has 0 fully saturated rings. The molecule has 6 heteroatoms. The SMILES string of the molecule is CCOC(=O)CCC(CCC(C)=O)N=Nc1ccc(F)cc1. The lowest BCUT2D eigenvalue weighted by molar-refractivity contribution is -0.143. The third-order valence-corrected chi connectivity index (χ3v) is 2.98. The topological polar surface area (TPSA) is 68.1 Å². The summed E-state index contributed by atoms with van der Waals surface area (Å²) in [7, 11) is 0. The van der Waals surface area contributed by atoms with E-state index in [0.717, 1.165) is 0 Å². The van der Waals surface area contributed by atoms with Gasteiger partial charge in [-0.05, 0) is 51.0 Å². The quantitative estimate of drug-likeness (QED) is 0.511. The number of ketones is 1. The average molecular weight is 308 g/mol. The predicted molar refractivity (Wildman–Crippen MR) is 80.5 cm³/mol. The second kappa shape index (κ2) is 9.76. The minimum atomic E-state index is -0.339. The molecule has 1 aromatic rings. The molecule has 1 rings (SSSR count). The van der Waals surface area contributed by atoms with Gasteiger partial charge in [0.1, 0.15) is 11.6 Å². The maximum atomic E-state index is 12.8. The Morgan fingerprint density at radius 3 is 2.41 bits per heavy atom. The monoisotopic (exact) mass is 308 g/mol. The maximum Gasteiger partial charge on any atom is 0.305 e. The zero-order chi connectivity index (χ0) is 16.4. The number of halogens is 1. The van der Waals surface area contributed by atoms with Crippen LogP contribution in [0.1, 0.15) is 39.5 Å². The Hall–Kier alpha value is -2.11. The number of Topliss-reactive ketones (excluding diaryl/α,β-unsaturated/α-hetero) is 1. The van der Waals surface area contributed by atoms with Crippen LogP contribution in [0.25, 0.3) is 0 Å². The second-order valence-electron chi connectivity index (χ2n) is 4.93. The molecular formula is C16H21FN2O3. The predicted octanol–water partition coefficient (Wildman–Crippen LogP) is 3.99. The highest BCUT2D eigenvalue weighted by Gasteiger charge is 2.12. The van der Waals surface area contributed by atoms with Gasteiger partial charge in [0.05, 0.1) is 18.3 Å². The van der Waals surface area contributed by atoms with E-state index in [2.05, 4.69) is 10.2 Å². The summed E-state index contributed by atoms with van der Waals surface area (Å²) in [5, 5.41) is 8.21. The molecule has 1 unspecified atom stereocenters. The molecule has 0 N–H and O–H groups in total. The Kier molecular flexibility index (Phi) is 7.96. The molecule has 0 saturated heterocycles. The van der Waals surface area contributed by atoms with Crippen molar-refractivity contribution in [1.82, 2.24) is 0 Å². The number of hydrogen-bond donors (Lipinski definition) is 0. The van der Waals surface area contributed by atoms with Gasteiger partial charge in [-0.15, -0.1) is 0 Å². The van der Waals surface area contributed by atoms with Crippen LogP contribution in [0.2, 0.25) is 0 Å². The summed E-state index contributed by atoms with van der Waals surface area (Å²) in [5.41, 5.74) is 0.533. The van der Waals surface area contributed by atoms with E-state index in [1.54, 1.807) is 6.92 Å². The molecule has 1 aromatic carbocycles. The second-order valence-corrected chi connectivity index (χ2v) is 4.93. The number of esters is 1. The fraction of sp³-hybridized carbons (Fsp3) is 0.500. The van der Waals surface area contributed by atoms with E-state index in [1.165, 1.54) is 31.2 Å². The number of rotatable bonds is 9. The molecule has 0 bridgehead atoms. The smallest absolute Gasteiger partial charge is 0.305 e. The van der Waals surface area contributed by atoms with Crippen molar-refractivity contribution >= 4 is 17.4 Å². The fourth-order valence-electron chi connectivity index (χ4n) is 1.80. The van der Waals surface area contributed by atoms with Crippen LogP contribution in [0.4, 0.5) is 10.1 Å². The highest BCUT2D eigenvalue weighted by Crippen LogP contribution is 2.17. The van der Waals surface area contributed by atoms with E-state index in [0.29, 0.717) is 31.6 Å². The summed E-state index contributed by atoms with van der Waals surface area (Å²) in [6.45, 7) is 3.60. The molecule has 0 radical (unpaired) electrons. The van der Waals surface area contributed by atoms with Crippen molar-refractivity contribution in [3.63, 3.8) is 0 Å². The summed E-state index contributed by atoms with van der Waals surface area (Å²) in [5.74, 6) is -0.556. The first-order valence-electron chi connectivity index (χ1n) is 7.32. The van der Waals surface area contributed by atoms with E-state index < -0.39 is 0 Å². The van der Waals surface area contributed by atoms with Crippen molar-refractivity contribution in [1.29, 1.82) is 0 Å². The zero-order valence-electron chi connectivity index (χ0n) is 12.9. The summed E-state index contributed by atoms with van der Waals surface area (Å²) in [6, 6.07) is 5.41. The van der Waals surface area contributed by atoms with Crippen molar-refractivity contribution < 1.29 is 18.7 Å². The number of carbonyl (C=O) groups is 2. The van der Waals surface area contributed by atoms with Gasteiger partial charge in [0.2, 0.25) is 0 Å². The summed E-state index contributed by atoms with van der Waals surface area (Å²) in [4.78, 5) is 22.5. The van der Waals surface area contributed by atoms with E-state index in [4.69, 9.17) is 4.74 Å². The van der Waals surface area contributed by atoms with Crippen molar-refractivity contribution in [2.45, 2.75) is 45.6 Å². The Bertz CT molecular complexity index is 515. The molecule has 0 aromatic heterocycles. The van der Waals surface area contributed by atoms with E-state index in [9.17, 15) is 14.0 Å². The first kappa shape index (κ1) is 17.9. The molecular weight excluding hydrogens is 287 g/mol. The Labute approximate surface area is 129 Å². The Morgan fingerprint density at radius 1 is 1.18 bits per heavy atom. The highest BCUT2D eigenvalue weighted by atomic mass is 19.1. The van der Waals surface area contributed by atoms with Gasteiger partial charge in [-0.3, -0.25) is 4.79 Å². The fourth-order valence-corrected chi connectivity index (χ4v) is 1.80. The van der Waals surface area contributed by atoms with Gasteiger partial charge in [0.15, 0.2) is 0 Å². The van der Waals surface area contributed by atoms with Crippen LogP contribution in [-0.2, 0) is 14.3 Å². The molecule has 22 heavy (non-hydrogen) atoms. The molecule has 1 atom stereocenters. The number of carbonyl (C=O) groups excluding carboxylic acids is 2. The number of hydrogen-bond acceptors (Lipinski definition) is 5. The van der Waals surface area contributed by atoms with Gasteiger partial charge < -0.3 is 9.53 Å². The minimum absolute atomic E-state index is 0.0677. The van der Waals surface area contributed by atoms with E-state index in [1.807, 2.05) is 0 Å². The molecule has 0 spiro atoms. The first-order chi connectivity index (χ1) is 10.5. The van der Waals surface area contributed by atoms with Crippen LogP contribution >= 0.6 is 0 Å². The molecule has 0 aliphatic carbocycles. The molecule has 120 valence electrons. The van der Waals surface area contributed by atoms with Gasteiger partial charge in [-0.25, -0.2) is 4.39 Å². The van der Waals surface area contributed by atoms with Crippen LogP contribution in [0.5, 0.6) is 0 Å². The standard InChI is InChI=1S/C16H21FN2O3/c1-3-22-16(21)11-10-14(7-4-12(2)20)18-19-15-8-5-13(17)6-9-15/h5-6,8-9,14H,3-4,7,10-11H2,1-2H3. The van der Waals surface area contributed by atoms with Crippen molar-refractivity contribution in [2.24, 2.45) is 10.2 Å². The van der Waals surface area contributed by atoms with Gasteiger partial charge in [-0.1, -0.05) is 0 Å². The highest BCUT2D eigenvalue weighted by molar-refractivity contribution is 5.75. The van der Waals surface area contributed by atoms with Crippen LogP contribution in [0.3, 0.4) is 0 Å². The number of nitrogens with zero attached hydrogens (tertiary/aromatic N) is 2. The lowest BCUT2D eigenvalue weighted by Crippen LogP contribution is -2.11. The zero-order valence-corrected chi connectivity index (χ0v) is 12.9. The van der Waals surface area contributed by atoms with Gasteiger partial charge >= 0.3 is 5.97 Å². The maximum absolute atomic E-state index is 12.8. The molecule has 0 aliphatic rings. The molecule has 0 heterocycles. The molecule has 5 nitrogen and oxygen atoms in total. The van der Waals surface area contributed by atoms with Gasteiger partial charge in [0, 0.05) is 12.8 Å². The molecule has 0 aliphatic heterocycles. The van der Waals surface area contributed by atoms with Crippen LogP contribution in [0.15, 0.2) is 34.5 Å². The summed E-state index contributed by atoms with van der Waals surface area (Å²) >= 11 is 0. The molecule has 0 saturated carbocycles. The Morgan fingerprint density at radius 2 is 1.82 bits per heavy atom. The summed E-state index contributed by atoms with van der Waals surface area (Å²) in [6.07, 6.45) is 1.62. The number of ether oxygens (including phenoxy) is 1. The first-order valence-corrected chi connectivity index (χ1v) is 7.32. The van der Waals surface area contributed by atoms with Crippen LogP contribution in [0, 0.1) is 5.82 Å². The van der Waals surface area contributed by atoms with Gasteiger partial charge in [0.25, 0.3) is 0 Å². The van der Waals surface area contributed by atoms with E-state index in [-0.39, 0.29) is 30.0 Å². The largest absolute Gasteiger partial charge is 0.466 e. The Balaban J connectivity index is 2.61. The van der Waals surface area contributed by atoms with Crippen molar-refractivity contribution in [2.75, 3.05) is 6.61 Å². The van der Waals surface area contributed by atoms with Gasteiger partial charge in [-0.2, -0.15) is 10.2 Å². The lowest BCUT2D eigenvalue weighted by Gasteiger charge is -2.10. The third-order valence-electron chi connectivity index (χ3n) is 2.98.